The molecule has 132 heavy (non-hydrogen) atoms. The van der Waals surface area contributed by atoms with Crippen LogP contribution in [0, 0.1) is 46.3 Å². The number of halogens is 6. The Balaban J connectivity index is 0.000000835. The van der Waals surface area contributed by atoms with Crippen molar-refractivity contribution in [1.29, 1.82) is 10.5 Å². The molecule has 6 aliphatic rings. The van der Waals surface area contributed by atoms with Crippen LogP contribution in [0.1, 0.15) is 154 Å². The fourth-order valence-corrected chi connectivity index (χ4v) is 15.9. The van der Waals surface area contributed by atoms with Crippen LogP contribution in [0.15, 0.2) is 23.4 Å². The number of nitrogens with zero attached hydrogens (tertiary/aromatic N) is 10. The molecule has 0 aliphatic carbocycles. The first kappa shape index (κ1) is 122. The van der Waals surface area contributed by atoms with Crippen molar-refractivity contribution in [3.63, 3.8) is 0 Å². The minimum absolute atomic E-state index is 0.0667. The summed E-state index contributed by atoms with van der Waals surface area (Å²) in [5.41, 5.74) is 20.1. The number of phosphoric acid groups is 2. The molecule has 0 radical (unpaired) electrons. The molecule has 8 rings (SSSR count). The van der Waals surface area contributed by atoms with Gasteiger partial charge in [0.15, 0.2) is 31.1 Å². The fourth-order valence-electron chi connectivity index (χ4n) is 11.1. The van der Waals surface area contributed by atoms with Crippen molar-refractivity contribution >= 4 is 151 Å². The van der Waals surface area contributed by atoms with Gasteiger partial charge < -0.3 is 112 Å². The van der Waals surface area contributed by atoms with Crippen molar-refractivity contribution in [2.24, 2.45) is 35.1 Å². The number of aromatic nitrogens is 4. The van der Waals surface area contributed by atoms with Crippen LogP contribution in [0.5, 0.6) is 0 Å². The highest BCUT2D eigenvalue weighted by molar-refractivity contribution is 8.07. The lowest BCUT2D eigenvalue weighted by molar-refractivity contribution is -0.193. The van der Waals surface area contributed by atoms with E-state index < -0.39 is 137 Å². The predicted octanol–water partition coefficient (Wildman–Crippen LogP) is 6.82. The van der Waals surface area contributed by atoms with E-state index in [9.17, 15) is 88.9 Å². The standard InChI is InChI=1S/C19H28N8O13P2.2C15H24N2O4S.C13H23NO4S.C7H16N2O2.2C2HF3O2.S2/c20-11-1-2-26(19(30)25-11)12-3-8(9(38-12)4-36-41(31,32)33)40-42(34,35)37-5-10-14(28)15(29)18(39-10)27-7-24-13-16(21)22-6-23-17(13)27;2*1-11(13(18)20-8-7-16)5-6-12-9-17(10-22-12)14(19)21-15(2,3)4;1-9(11(15)16)5-6-10-7-14(8-19-10)12(17)18-13(2,3)4;1-5(4-8)2-3-6(9)7(10)11;2*3-2(4,5)1(6)7;1-2/h1-2,6,8-10,12,14-15,18,24,28-29H,3-5,7H2,(H,34,35)(H2,20,25,30)(H2,21,22,23)(H2,31,32,33);2*11-12H,5-6,8-10H2,1-4H3;9-10H,5-8H2,1-4H3,(H,15,16);5-6H,2-4,8-9H2,1H3,(H,10,11);2*(H,6,7);/t8-,9+,10+,12+,14+,15+,18+;2*11-,12-;9-,10-;5-,6-;;;/m00000.../s1. The number of carboxylic acid groups (broad SMARTS) is 4. The number of rotatable bonds is 29. The summed E-state index contributed by atoms with van der Waals surface area (Å²) in [5.74, 6) is -6.04. The van der Waals surface area contributed by atoms with Crippen molar-refractivity contribution in [3.05, 3.63) is 29.1 Å². The summed E-state index contributed by atoms with van der Waals surface area (Å²) in [6.45, 7) is 24.6. The third-order valence-electron chi connectivity index (χ3n) is 18.0. The highest BCUT2D eigenvalue weighted by atomic mass is 32.8. The quantitative estimate of drug-likeness (QED) is 0.0172. The van der Waals surface area contributed by atoms with E-state index >= 15 is 0 Å². The number of ether oxygens (including phenoxy) is 7. The first-order chi connectivity index (χ1) is 60.8. The number of carbonyl (C=O) groups excluding carboxylic acids is 5. The molecule has 59 heteroatoms. The van der Waals surface area contributed by atoms with Gasteiger partial charge in [0.2, 0.25) is 0 Å². The van der Waals surface area contributed by atoms with Crippen molar-refractivity contribution in [2.75, 3.05) is 98.6 Å². The van der Waals surface area contributed by atoms with Crippen LogP contribution in [0.2, 0.25) is 0 Å². The summed E-state index contributed by atoms with van der Waals surface area (Å²) in [6.07, 6.45) is -12.3. The molecule has 1 unspecified atom stereocenters. The van der Waals surface area contributed by atoms with Gasteiger partial charge in [0, 0.05) is 70.4 Å². The molecule has 2 aromatic rings. The number of carbonyl (C=O) groups is 9. The number of alkyl halides is 6. The second-order valence-corrected chi connectivity index (χ2v) is 39.0. The number of amides is 3. The normalized spacial score (nSPS) is 21.8. The SMILES string of the molecule is C[C@@H](CC[C@H]1CN(C(=O)OC(C)(C)C)CS1)C(=O)O.C[C@@H](CC[C@H]1CN(C(=O)OC(C)(C)C)CS1)C(=O)OCC#N.C[C@@H](CC[C@H]1CN(C(=O)OC(C)(C)C)CS1)C(=O)OCC#N.C[C@H](CN)CC[C@H](N)C(=O)O.Nc1ccn([C@H]2C[C@H](OP(=O)(O)OC[C@H]3O[C@@H](N4CNc5c(N)ncnc54)[C@H](O)[C@@H]3O)[C@@H](COP(=O)(O)O)O2)c(=O)n1.O=C(O)C(F)(F)F.O=C(O)C(F)(F)F.S=S. The lowest BCUT2D eigenvalue weighted by Crippen LogP contribution is -2.44. The van der Waals surface area contributed by atoms with Gasteiger partial charge in [0.25, 0.3) is 0 Å². The zero-order valence-corrected chi connectivity index (χ0v) is 80.1. The largest absolute Gasteiger partial charge is 0.490 e. The number of thioether (sulfide) groups is 3. The first-order valence-corrected chi connectivity index (χ1v) is 47.4. The van der Waals surface area contributed by atoms with Crippen LogP contribution in [-0.2, 0) is 107 Å². The third-order valence-corrected chi connectivity index (χ3v) is 23.4. The molecule has 5 saturated heterocycles. The van der Waals surface area contributed by atoms with Crippen LogP contribution in [0.3, 0.4) is 0 Å². The van der Waals surface area contributed by atoms with Crippen molar-refractivity contribution in [2.45, 2.75) is 242 Å². The maximum atomic E-state index is 12.9. The molecule has 6 aliphatic heterocycles. The number of aliphatic carboxylic acids is 4. The molecule has 16 atom stereocenters. The van der Waals surface area contributed by atoms with E-state index in [2.05, 4.69) is 47.2 Å². The Morgan fingerprint density at radius 1 is 0.636 bits per heavy atom. The molecule has 5 fully saturated rings. The van der Waals surface area contributed by atoms with Crippen molar-refractivity contribution < 1.29 is 171 Å². The summed E-state index contributed by atoms with van der Waals surface area (Å²) in [6, 6.07) is 4.13. The Bertz CT molecular complexity index is 4190. The van der Waals surface area contributed by atoms with Crippen LogP contribution in [-0.4, -0.2) is 298 Å². The lowest BCUT2D eigenvalue weighted by Gasteiger charge is -2.26. The maximum Gasteiger partial charge on any atom is 0.490 e. The first-order valence-electron chi connectivity index (χ1n) is 39.9. The van der Waals surface area contributed by atoms with Gasteiger partial charge >= 0.3 is 87.8 Å². The number of nitriles is 2. The topological polar surface area (TPSA) is 699 Å². The average molecular weight is 2040 g/mol. The molecule has 46 nitrogen and oxygen atoms in total. The van der Waals surface area contributed by atoms with Crippen LogP contribution in [0.25, 0.3) is 0 Å². The molecule has 2 aromatic heterocycles. The maximum absolute atomic E-state index is 12.9. The van der Waals surface area contributed by atoms with Gasteiger partial charge in [-0.05, 0) is 132 Å². The van der Waals surface area contributed by atoms with Crippen LogP contribution < -0.4 is 38.8 Å². The van der Waals surface area contributed by atoms with Gasteiger partial charge in [-0.2, -0.15) is 41.9 Å². The molecular formula is C73H117F6N15O31P2S5. The molecule has 0 bridgehead atoms. The predicted molar refractivity (Wildman–Crippen MR) is 467 cm³/mol. The average Bonchev–Trinajstić information content (AvgIpc) is 1.62. The van der Waals surface area contributed by atoms with Crippen LogP contribution >= 0.6 is 50.9 Å². The minimum Gasteiger partial charge on any atom is -0.481 e. The van der Waals surface area contributed by atoms with E-state index in [-0.39, 0.29) is 85.9 Å². The van der Waals surface area contributed by atoms with Gasteiger partial charge in [-0.25, -0.2) is 47.9 Å². The molecular weight excluding hydrogens is 1920 g/mol. The number of nitrogen functional groups attached to an aromatic ring is 2. The summed E-state index contributed by atoms with van der Waals surface area (Å²) >= 11 is 12.4. The van der Waals surface area contributed by atoms with E-state index in [0.717, 1.165) is 30.3 Å². The van der Waals surface area contributed by atoms with E-state index in [4.69, 9.17) is 115 Å². The van der Waals surface area contributed by atoms with Crippen molar-refractivity contribution in [3.8, 4) is 12.1 Å². The Morgan fingerprint density at radius 3 is 1.42 bits per heavy atom. The highest BCUT2D eigenvalue weighted by Gasteiger charge is 2.50. The number of phosphoric ester groups is 2. The van der Waals surface area contributed by atoms with Gasteiger partial charge in [-0.15, -0.1) is 35.3 Å². The number of hydrogen-bond acceptors (Lipinski definition) is 40. The zero-order valence-electron chi connectivity index (χ0n) is 74.2. The van der Waals surface area contributed by atoms with E-state index in [1.807, 2.05) is 69.2 Å². The van der Waals surface area contributed by atoms with Crippen LogP contribution in [0.4, 0.5) is 63.9 Å². The molecule has 18 N–H and O–H groups in total. The summed E-state index contributed by atoms with van der Waals surface area (Å²) in [5, 5.41) is 73.3. The number of aliphatic hydroxyl groups is 2. The second kappa shape index (κ2) is 57.0. The smallest absolute Gasteiger partial charge is 0.481 e. The number of anilines is 4. The second-order valence-electron chi connectivity index (χ2n) is 32.5. The Morgan fingerprint density at radius 2 is 1.05 bits per heavy atom. The van der Waals surface area contributed by atoms with E-state index in [1.54, 1.807) is 82.9 Å². The summed E-state index contributed by atoms with van der Waals surface area (Å²) < 4.78 is 140. The monoisotopic (exact) mass is 2040 g/mol. The lowest BCUT2D eigenvalue weighted by atomic mass is 10.0. The van der Waals surface area contributed by atoms with Gasteiger partial charge in [0.05, 0.1) is 55.3 Å². The molecule has 0 aromatic carbocycles. The number of esters is 2. The summed E-state index contributed by atoms with van der Waals surface area (Å²) in [4.78, 5) is 157. The van der Waals surface area contributed by atoms with Gasteiger partial charge in [-0.1, -0.05) is 27.7 Å². The summed E-state index contributed by atoms with van der Waals surface area (Å²) in [7, 11) is -9.94. The van der Waals surface area contributed by atoms with Crippen molar-refractivity contribution in [1.82, 2.24) is 34.2 Å². The fraction of sp³-hybridized carbons (Fsp3) is 0.740. The number of aliphatic hydroxyl groups excluding tert-OH is 2. The molecule has 0 saturated carbocycles. The Labute approximate surface area is 778 Å². The van der Waals surface area contributed by atoms with Gasteiger partial charge in [0.1, 0.15) is 89.6 Å². The minimum atomic E-state index is -5.08. The number of nitrogens with one attached hydrogen (secondary N) is 1. The molecule has 752 valence electrons. The third kappa shape index (κ3) is 47.8. The van der Waals surface area contributed by atoms with E-state index in [0.29, 0.717) is 103 Å². The Kier molecular flexibility index (Phi) is 52.6. The highest BCUT2D eigenvalue weighted by Crippen LogP contribution is 2.50. The van der Waals surface area contributed by atoms with Gasteiger partial charge in [-0.3, -0.25) is 52.0 Å². The Hall–Kier alpha value is -8.18. The number of carboxylic acids is 4. The zero-order chi connectivity index (χ0) is 102. The molecule has 8 heterocycles. The number of hydrogen-bond donors (Lipinski definition) is 14. The number of fused-ring (bicyclic) bond motifs is 1. The number of nitrogens with two attached hydrogens (primary N) is 4. The van der Waals surface area contributed by atoms with E-state index in [1.165, 1.54) is 23.5 Å². The molecule has 0 spiro atoms. The molecule has 3 amide bonds.